The largest absolute Gasteiger partial charge is 0.0616 e. The maximum Gasteiger partial charge on any atom is 0.0165 e. The summed E-state index contributed by atoms with van der Waals surface area (Å²) in [7, 11) is 0. The molecular weight excluding hydrogens is 637 g/mol. The van der Waals surface area contributed by atoms with Crippen molar-refractivity contribution < 1.29 is 0 Å². The lowest BCUT2D eigenvalue weighted by Crippen LogP contribution is -2.15. The van der Waals surface area contributed by atoms with Crippen molar-refractivity contribution in [3.05, 3.63) is 193 Å². The molecule has 11 rings (SSSR count). The molecule has 1 aliphatic rings. The van der Waals surface area contributed by atoms with Gasteiger partial charge in [-0.2, -0.15) is 0 Å². The molecule has 0 amide bonds. The molecule has 0 heterocycles. The van der Waals surface area contributed by atoms with E-state index in [0.717, 1.165) is 0 Å². The van der Waals surface area contributed by atoms with Gasteiger partial charge in [0.1, 0.15) is 0 Å². The van der Waals surface area contributed by atoms with Gasteiger partial charge in [-0.1, -0.05) is 184 Å². The second kappa shape index (κ2) is 11.2. The first-order valence-corrected chi connectivity index (χ1v) is 18.7. The number of hydrogen-bond acceptors (Lipinski definition) is 0. The average molecular weight is 673 g/mol. The first-order valence-electron chi connectivity index (χ1n) is 18.7. The van der Waals surface area contributed by atoms with Crippen LogP contribution in [0.1, 0.15) is 25.0 Å². The van der Waals surface area contributed by atoms with Crippen molar-refractivity contribution >= 4 is 53.9 Å². The molecule has 0 saturated heterocycles. The topological polar surface area (TPSA) is 0 Å². The highest BCUT2D eigenvalue weighted by Crippen LogP contribution is 2.56. The first-order chi connectivity index (χ1) is 26.1. The molecule has 0 saturated carbocycles. The smallest absolute Gasteiger partial charge is 0.0165 e. The van der Waals surface area contributed by atoms with E-state index in [1.54, 1.807) is 0 Å². The van der Waals surface area contributed by atoms with Crippen LogP contribution in [0.15, 0.2) is 182 Å². The fourth-order valence-electron chi connectivity index (χ4n) is 9.61. The van der Waals surface area contributed by atoms with Crippen LogP contribution in [0.3, 0.4) is 0 Å². The average Bonchev–Trinajstić information content (AvgIpc) is 3.46. The van der Waals surface area contributed by atoms with E-state index in [1.807, 2.05) is 0 Å². The van der Waals surface area contributed by atoms with Crippen LogP contribution in [-0.2, 0) is 5.41 Å². The number of benzene rings is 10. The summed E-state index contributed by atoms with van der Waals surface area (Å²) in [4.78, 5) is 0. The molecule has 0 spiro atoms. The lowest BCUT2D eigenvalue weighted by Gasteiger charge is -2.24. The highest BCUT2D eigenvalue weighted by atomic mass is 14.4. The van der Waals surface area contributed by atoms with Gasteiger partial charge in [0.05, 0.1) is 0 Å². The van der Waals surface area contributed by atoms with Crippen LogP contribution in [0.4, 0.5) is 0 Å². The van der Waals surface area contributed by atoms with Crippen LogP contribution in [0.25, 0.3) is 98.4 Å². The molecule has 0 bridgehead atoms. The Morgan fingerprint density at radius 1 is 0.302 bits per heavy atom. The summed E-state index contributed by atoms with van der Waals surface area (Å²) in [5, 5.41) is 13.0. The zero-order valence-electron chi connectivity index (χ0n) is 29.8. The van der Waals surface area contributed by atoms with Gasteiger partial charge in [-0.15, -0.1) is 0 Å². The molecule has 10 aromatic rings. The molecule has 53 heavy (non-hydrogen) atoms. The first kappa shape index (κ1) is 30.2. The minimum absolute atomic E-state index is 0.125. The Hall–Kier alpha value is -6.50. The van der Waals surface area contributed by atoms with E-state index < -0.39 is 0 Å². The third kappa shape index (κ3) is 4.36. The van der Waals surface area contributed by atoms with Crippen molar-refractivity contribution in [3.63, 3.8) is 0 Å². The molecular formula is C53H36. The molecule has 0 heteroatoms. The van der Waals surface area contributed by atoms with Gasteiger partial charge in [0.15, 0.2) is 0 Å². The van der Waals surface area contributed by atoms with Crippen LogP contribution in [-0.4, -0.2) is 0 Å². The van der Waals surface area contributed by atoms with E-state index in [-0.39, 0.29) is 5.41 Å². The van der Waals surface area contributed by atoms with Gasteiger partial charge in [-0.3, -0.25) is 0 Å². The Kier molecular flexibility index (Phi) is 6.40. The Balaban J connectivity index is 1.13. The monoisotopic (exact) mass is 672 g/mol. The summed E-state index contributed by atoms with van der Waals surface area (Å²) in [6, 6.07) is 67.8. The summed E-state index contributed by atoms with van der Waals surface area (Å²) in [5.74, 6) is 0. The highest BCUT2D eigenvalue weighted by molar-refractivity contribution is 6.22. The second-order valence-electron chi connectivity index (χ2n) is 15.2. The van der Waals surface area contributed by atoms with Crippen molar-refractivity contribution in [1.82, 2.24) is 0 Å². The van der Waals surface area contributed by atoms with Crippen molar-refractivity contribution in [1.29, 1.82) is 0 Å². The predicted molar refractivity (Wildman–Crippen MR) is 228 cm³/mol. The molecule has 0 N–H and O–H groups in total. The van der Waals surface area contributed by atoms with Crippen LogP contribution in [0, 0.1) is 0 Å². The molecule has 10 aromatic carbocycles. The zero-order chi connectivity index (χ0) is 35.3. The standard InChI is InChI=1S/C53H36/c1-53(2)48-30-29-38(32-47(48)51-41-17-7-5-15-39(41)40-16-6-12-22-46(40)52(51)53)50-44-20-10-8-18-42(44)49(43-19-9-11-21-45(43)50)35-26-23-34(24-27-35)37-28-25-33-13-3-4-14-36(33)31-37/h3-32H,1-2H3. The summed E-state index contributed by atoms with van der Waals surface area (Å²) in [5.41, 5.74) is 13.0. The Morgan fingerprint density at radius 2 is 0.736 bits per heavy atom. The van der Waals surface area contributed by atoms with E-state index in [4.69, 9.17) is 0 Å². The maximum atomic E-state index is 2.50. The SMILES string of the molecule is CC1(C)c2ccc(-c3c4ccccc4c(-c4ccc(-c5ccc6ccccc6c5)cc4)c4ccccc34)cc2-c2c1c1ccccc1c1ccccc21. The molecule has 0 nitrogen and oxygen atoms in total. The van der Waals surface area contributed by atoms with Crippen LogP contribution >= 0.6 is 0 Å². The third-order valence-electron chi connectivity index (χ3n) is 12.0. The van der Waals surface area contributed by atoms with Gasteiger partial charge < -0.3 is 0 Å². The van der Waals surface area contributed by atoms with Crippen LogP contribution in [0.2, 0.25) is 0 Å². The lowest BCUT2D eigenvalue weighted by atomic mass is 9.79. The van der Waals surface area contributed by atoms with Crippen molar-refractivity contribution in [2.75, 3.05) is 0 Å². The summed E-state index contributed by atoms with van der Waals surface area (Å²) < 4.78 is 0. The number of fused-ring (bicyclic) bond motifs is 11. The van der Waals surface area contributed by atoms with Gasteiger partial charge in [0.2, 0.25) is 0 Å². The molecule has 0 atom stereocenters. The zero-order valence-corrected chi connectivity index (χ0v) is 29.8. The van der Waals surface area contributed by atoms with Crippen LogP contribution in [0.5, 0.6) is 0 Å². The molecule has 1 aliphatic carbocycles. The Labute approximate surface area is 309 Å². The van der Waals surface area contributed by atoms with Gasteiger partial charge in [0, 0.05) is 5.41 Å². The maximum absolute atomic E-state index is 2.50. The molecule has 0 radical (unpaired) electrons. The normalized spacial score (nSPS) is 13.2. The molecule has 0 unspecified atom stereocenters. The van der Waals surface area contributed by atoms with Gasteiger partial charge in [-0.25, -0.2) is 0 Å². The fraction of sp³-hybridized carbons (Fsp3) is 0.0566. The fourth-order valence-corrected chi connectivity index (χ4v) is 9.61. The summed E-state index contributed by atoms with van der Waals surface area (Å²) in [6.07, 6.45) is 0. The number of rotatable bonds is 3. The van der Waals surface area contributed by atoms with Crippen molar-refractivity contribution in [3.8, 4) is 44.5 Å². The van der Waals surface area contributed by atoms with E-state index in [0.29, 0.717) is 0 Å². The van der Waals surface area contributed by atoms with E-state index in [9.17, 15) is 0 Å². The minimum atomic E-state index is -0.125. The lowest BCUT2D eigenvalue weighted by molar-refractivity contribution is 0.666. The Bertz CT molecular complexity index is 3060. The van der Waals surface area contributed by atoms with Crippen LogP contribution < -0.4 is 0 Å². The second-order valence-corrected chi connectivity index (χ2v) is 15.2. The van der Waals surface area contributed by atoms with E-state index in [2.05, 4.69) is 196 Å². The van der Waals surface area contributed by atoms with Gasteiger partial charge in [-0.05, 0) is 122 Å². The van der Waals surface area contributed by atoms with Crippen molar-refractivity contribution in [2.24, 2.45) is 0 Å². The highest BCUT2D eigenvalue weighted by Gasteiger charge is 2.38. The third-order valence-corrected chi connectivity index (χ3v) is 12.0. The predicted octanol–water partition coefficient (Wildman–Crippen LogP) is 14.8. The summed E-state index contributed by atoms with van der Waals surface area (Å²) in [6.45, 7) is 4.81. The molecule has 0 aliphatic heterocycles. The summed E-state index contributed by atoms with van der Waals surface area (Å²) >= 11 is 0. The number of hydrogen-bond donors (Lipinski definition) is 0. The molecule has 248 valence electrons. The molecule has 0 fully saturated rings. The minimum Gasteiger partial charge on any atom is -0.0616 e. The van der Waals surface area contributed by atoms with Gasteiger partial charge in [0.25, 0.3) is 0 Å². The van der Waals surface area contributed by atoms with E-state index >= 15 is 0 Å². The van der Waals surface area contributed by atoms with Crippen molar-refractivity contribution in [2.45, 2.75) is 19.3 Å². The Morgan fingerprint density at radius 3 is 1.36 bits per heavy atom. The van der Waals surface area contributed by atoms with E-state index in [1.165, 1.54) is 109 Å². The molecule has 0 aromatic heterocycles. The quantitative estimate of drug-likeness (QED) is 0.129. The van der Waals surface area contributed by atoms with Gasteiger partial charge >= 0.3 is 0 Å².